The summed E-state index contributed by atoms with van der Waals surface area (Å²) >= 11 is 0. The summed E-state index contributed by atoms with van der Waals surface area (Å²) in [7, 11) is 0. The van der Waals surface area contributed by atoms with Crippen LogP contribution in [-0.2, 0) is 19.2 Å². The molecule has 20 heavy (non-hydrogen) atoms. The normalized spacial score (nSPS) is 12.5. The lowest BCUT2D eigenvalue weighted by Gasteiger charge is -2.01. The van der Waals surface area contributed by atoms with Crippen LogP contribution in [0.15, 0.2) is 0 Å². The molecule has 0 saturated carbocycles. The minimum Gasteiger partial charge on any atom is -0.480 e. The summed E-state index contributed by atoms with van der Waals surface area (Å²) in [5.41, 5.74) is 19.6. The number of hydrogen-bond acceptors (Lipinski definition) is 6. The summed E-state index contributed by atoms with van der Waals surface area (Å²) in [5, 5.41) is 16.4. The van der Waals surface area contributed by atoms with Gasteiger partial charge in [0.1, 0.15) is 12.1 Å². The zero-order chi connectivity index (χ0) is 16.3. The van der Waals surface area contributed by atoms with Crippen molar-refractivity contribution in [1.82, 2.24) is 0 Å². The molecule has 10 N–H and O–H groups in total. The molecule has 0 heterocycles. The van der Waals surface area contributed by atoms with Crippen LogP contribution in [0.3, 0.4) is 0 Å². The highest BCUT2D eigenvalue weighted by molar-refractivity contribution is 5.77. The van der Waals surface area contributed by atoms with E-state index in [-0.39, 0.29) is 25.7 Å². The van der Waals surface area contributed by atoms with E-state index in [1.807, 2.05) is 0 Å². The number of rotatable bonds is 8. The largest absolute Gasteiger partial charge is 0.480 e. The van der Waals surface area contributed by atoms with Crippen molar-refractivity contribution in [3.63, 3.8) is 0 Å². The van der Waals surface area contributed by atoms with Crippen molar-refractivity contribution in [3.05, 3.63) is 0 Å². The summed E-state index contributed by atoms with van der Waals surface area (Å²) in [4.78, 5) is 40.3. The first kappa shape index (κ1) is 20.1. The van der Waals surface area contributed by atoms with E-state index >= 15 is 0 Å². The summed E-state index contributed by atoms with van der Waals surface area (Å²) < 4.78 is 0. The predicted molar refractivity (Wildman–Crippen MR) is 68.1 cm³/mol. The third-order valence-electron chi connectivity index (χ3n) is 2.04. The van der Waals surface area contributed by atoms with Crippen molar-refractivity contribution >= 4 is 23.8 Å². The first-order valence-corrected chi connectivity index (χ1v) is 5.61. The summed E-state index contributed by atoms with van der Waals surface area (Å²) in [5.74, 6) is -3.28. The molecule has 0 aliphatic heterocycles. The highest BCUT2D eigenvalue weighted by Gasteiger charge is 2.12. The van der Waals surface area contributed by atoms with Crippen molar-refractivity contribution in [2.24, 2.45) is 22.9 Å². The molecule has 116 valence electrons. The van der Waals surface area contributed by atoms with E-state index in [0.717, 1.165) is 0 Å². The maximum absolute atomic E-state index is 10.1. The Bertz CT molecular complexity index is 326. The standard InChI is InChI=1S/2C5H10N2O3/c2*6-3(5(9)10)1-2-4(7)8/h2*3H,1-2,6H2,(H2,7,8)(H,9,10)/t3-;/m0./s1. The SMILES string of the molecule is NC(=O)CCC(N)C(=O)O.NC(=O)CC[C@H](N)C(=O)O. The summed E-state index contributed by atoms with van der Waals surface area (Å²) in [6, 6.07) is -1.96. The first-order chi connectivity index (χ1) is 9.07. The zero-order valence-electron chi connectivity index (χ0n) is 10.8. The fourth-order valence-electron chi connectivity index (χ4n) is 0.842. The second-order valence-corrected chi connectivity index (χ2v) is 3.90. The second-order valence-electron chi connectivity index (χ2n) is 3.90. The van der Waals surface area contributed by atoms with Crippen LogP contribution in [0.5, 0.6) is 0 Å². The average molecular weight is 292 g/mol. The van der Waals surface area contributed by atoms with Gasteiger partial charge in [-0.2, -0.15) is 0 Å². The van der Waals surface area contributed by atoms with Crippen molar-refractivity contribution in [2.75, 3.05) is 0 Å². The van der Waals surface area contributed by atoms with Gasteiger partial charge in [-0.1, -0.05) is 0 Å². The Hall–Kier alpha value is -2.20. The van der Waals surface area contributed by atoms with Gasteiger partial charge in [-0.15, -0.1) is 0 Å². The Morgan fingerprint density at radius 1 is 0.750 bits per heavy atom. The van der Waals surface area contributed by atoms with Crippen molar-refractivity contribution in [3.8, 4) is 0 Å². The molecule has 0 spiro atoms. The third kappa shape index (κ3) is 13.9. The van der Waals surface area contributed by atoms with Crippen molar-refractivity contribution in [2.45, 2.75) is 37.8 Å². The number of carboxylic acids is 2. The van der Waals surface area contributed by atoms with Crippen LogP contribution in [-0.4, -0.2) is 46.0 Å². The maximum atomic E-state index is 10.1. The lowest BCUT2D eigenvalue weighted by atomic mass is 10.2. The molecule has 0 saturated heterocycles. The Morgan fingerprint density at radius 2 is 1.00 bits per heavy atom. The minimum atomic E-state index is -1.11. The number of carboxylic acid groups (broad SMARTS) is 2. The molecule has 10 heteroatoms. The molecule has 0 aliphatic carbocycles. The number of carbonyl (C=O) groups is 4. The highest BCUT2D eigenvalue weighted by atomic mass is 16.4. The van der Waals surface area contributed by atoms with Gasteiger partial charge in [0.15, 0.2) is 0 Å². The topological polar surface area (TPSA) is 213 Å². The van der Waals surface area contributed by atoms with Gasteiger partial charge in [0.25, 0.3) is 0 Å². The molecule has 0 aromatic heterocycles. The molecular formula is C10H20N4O6. The number of aliphatic carboxylic acids is 2. The van der Waals surface area contributed by atoms with E-state index in [4.69, 9.17) is 33.1 Å². The molecule has 0 fully saturated rings. The molecule has 2 amide bonds. The molecule has 0 rings (SSSR count). The van der Waals surface area contributed by atoms with E-state index in [2.05, 4.69) is 0 Å². The fraction of sp³-hybridized carbons (Fsp3) is 0.600. The van der Waals surface area contributed by atoms with E-state index in [9.17, 15) is 19.2 Å². The van der Waals surface area contributed by atoms with Crippen LogP contribution in [0.1, 0.15) is 25.7 Å². The van der Waals surface area contributed by atoms with Gasteiger partial charge in [-0.05, 0) is 12.8 Å². The second kappa shape index (κ2) is 10.7. The van der Waals surface area contributed by atoms with Gasteiger partial charge in [0.2, 0.25) is 11.8 Å². The lowest BCUT2D eigenvalue weighted by molar-refractivity contribution is -0.139. The van der Waals surface area contributed by atoms with E-state index < -0.39 is 35.8 Å². The Morgan fingerprint density at radius 3 is 1.15 bits per heavy atom. The van der Waals surface area contributed by atoms with Crippen LogP contribution in [0.4, 0.5) is 0 Å². The van der Waals surface area contributed by atoms with Gasteiger partial charge in [0, 0.05) is 12.8 Å². The van der Waals surface area contributed by atoms with Gasteiger partial charge in [-0.25, -0.2) is 0 Å². The Balaban J connectivity index is 0. The van der Waals surface area contributed by atoms with Gasteiger partial charge in [0.05, 0.1) is 0 Å². The van der Waals surface area contributed by atoms with Crippen molar-refractivity contribution in [1.29, 1.82) is 0 Å². The van der Waals surface area contributed by atoms with Crippen molar-refractivity contribution < 1.29 is 29.4 Å². The van der Waals surface area contributed by atoms with Crippen LogP contribution in [0.25, 0.3) is 0 Å². The van der Waals surface area contributed by atoms with Crippen LogP contribution in [0.2, 0.25) is 0 Å². The van der Waals surface area contributed by atoms with Gasteiger partial charge in [-0.3, -0.25) is 19.2 Å². The number of hydrogen-bond donors (Lipinski definition) is 6. The average Bonchev–Trinajstić information content (AvgIpc) is 2.33. The fourth-order valence-corrected chi connectivity index (χ4v) is 0.842. The molecule has 0 bridgehead atoms. The smallest absolute Gasteiger partial charge is 0.320 e. The zero-order valence-corrected chi connectivity index (χ0v) is 10.8. The number of primary amides is 2. The van der Waals surface area contributed by atoms with E-state index in [1.165, 1.54) is 0 Å². The monoisotopic (exact) mass is 292 g/mol. The molecule has 2 atom stereocenters. The number of nitrogens with two attached hydrogens (primary N) is 4. The van der Waals surface area contributed by atoms with E-state index in [0.29, 0.717) is 0 Å². The predicted octanol–water partition coefficient (Wildman–Crippen LogP) is -2.67. The molecule has 1 unspecified atom stereocenters. The minimum absolute atomic E-state index is 0.0213. The molecule has 10 nitrogen and oxygen atoms in total. The molecular weight excluding hydrogens is 272 g/mol. The van der Waals surface area contributed by atoms with Crippen LogP contribution in [0, 0.1) is 0 Å². The van der Waals surface area contributed by atoms with Gasteiger partial charge < -0.3 is 33.1 Å². The van der Waals surface area contributed by atoms with E-state index in [1.54, 1.807) is 0 Å². The van der Waals surface area contributed by atoms with Crippen LogP contribution >= 0.6 is 0 Å². The number of carbonyl (C=O) groups excluding carboxylic acids is 2. The molecule has 0 aliphatic rings. The third-order valence-corrected chi connectivity index (χ3v) is 2.04. The quantitative estimate of drug-likeness (QED) is 0.276. The molecule has 0 radical (unpaired) electrons. The Labute approximate surface area is 115 Å². The lowest BCUT2D eigenvalue weighted by Crippen LogP contribution is -2.31. The van der Waals surface area contributed by atoms with Gasteiger partial charge >= 0.3 is 11.9 Å². The maximum Gasteiger partial charge on any atom is 0.320 e. The summed E-state index contributed by atoms with van der Waals surface area (Å²) in [6.07, 6.45) is 0.246. The molecule has 0 aromatic carbocycles. The van der Waals surface area contributed by atoms with Crippen LogP contribution < -0.4 is 22.9 Å². The molecule has 0 aromatic rings. The summed E-state index contributed by atoms with van der Waals surface area (Å²) in [6.45, 7) is 0. The number of amides is 2. The Kier molecular flexibility index (Phi) is 10.8. The first-order valence-electron chi connectivity index (χ1n) is 5.61. The highest BCUT2D eigenvalue weighted by Crippen LogP contribution is 1.93.